The third kappa shape index (κ3) is 2.28. The molecule has 0 radical (unpaired) electrons. The molecule has 2 aromatic heterocycles. The number of thiocarbonyl (C=S) groups is 1. The van der Waals surface area contributed by atoms with E-state index in [-0.39, 0.29) is 58.2 Å². The molecule has 0 bridgehead atoms. The van der Waals surface area contributed by atoms with E-state index in [9.17, 15) is 0 Å². The van der Waals surface area contributed by atoms with Gasteiger partial charge in [-0.3, -0.25) is 4.98 Å². The van der Waals surface area contributed by atoms with E-state index in [1.54, 1.807) is 22.9 Å². The number of nitrogens with zero attached hydrogens (tertiary/aromatic N) is 1. The number of fused-ring (bicyclic) bond motifs is 1. The molecule has 0 fully saturated rings. The number of pyridine rings is 1. The molecule has 0 aliphatic heterocycles. The molecule has 0 aromatic carbocycles. The Labute approximate surface area is 129 Å². The monoisotopic (exact) mass is 263 g/mol. The number of aromatic nitrogens is 1. The van der Waals surface area contributed by atoms with Crippen molar-refractivity contribution < 1.29 is 58.2 Å². The van der Waals surface area contributed by atoms with Gasteiger partial charge >= 0.3 is 58.2 Å². The molecule has 12 heavy (non-hydrogen) atoms. The Kier molecular flexibility index (Phi) is 4.64. The first-order chi connectivity index (χ1) is 5.40. The topological polar surface area (TPSA) is 12.9 Å². The molecule has 0 unspecified atom stereocenters. The molecule has 0 saturated heterocycles. The first-order valence-corrected chi connectivity index (χ1v) is 4.40. The van der Waals surface area contributed by atoms with Crippen molar-refractivity contribution in [3.05, 3.63) is 29.3 Å². The van der Waals surface area contributed by atoms with E-state index in [1.807, 2.05) is 12.1 Å². The Morgan fingerprint density at radius 1 is 1.58 bits per heavy atom. The Hall–Kier alpha value is 1.01. The average molecular weight is 264 g/mol. The zero-order valence-corrected chi connectivity index (χ0v) is 13.1. The first kappa shape index (κ1) is 11.1. The van der Waals surface area contributed by atoms with Crippen molar-refractivity contribution in [2.24, 2.45) is 0 Å². The number of hydrogen-bond acceptors (Lipinski definition) is 3. The van der Waals surface area contributed by atoms with Crippen LogP contribution >= 0.6 is 23.6 Å². The average Bonchev–Trinajstić information content (AvgIpc) is 2.46. The molecule has 0 aliphatic carbocycles. The standard InChI is InChI=1S/C8H4NS2.Rb/c10-5-6-4-7-8(11-6)2-1-3-9-7;/h2-5H;/q-1;+1. The predicted molar refractivity (Wildman–Crippen MR) is 51.2 cm³/mol. The van der Waals surface area contributed by atoms with Crippen molar-refractivity contribution >= 4 is 39.1 Å². The van der Waals surface area contributed by atoms with E-state index in [1.165, 1.54) is 0 Å². The molecule has 54 valence electrons. The molecule has 1 nitrogen and oxygen atoms in total. The van der Waals surface area contributed by atoms with Gasteiger partial charge in [0, 0.05) is 10.2 Å². The summed E-state index contributed by atoms with van der Waals surface area (Å²) in [6, 6.07) is 6.84. The maximum absolute atomic E-state index is 4.81. The summed E-state index contributed by atoms with van der Waals surface area (Å²) in [7, 11) is 0. The summed E-state index contributed by atoms with van der Waals surface area (Å²) in [5.74, 6) is 0. The van der Waals surface area contributed by atoms with Crippen LogP contribution in [0.3, 0.4) is 0 Å². The van der Waals surface area contributed by atoms with Crippen molar-refractivity contribution in [1.82, 2.24) is 4.98 Å². The quantitative estimate of drug-likeness (QED) is 0.506. The van der Waals surface area contributed by atoms with Gasteiger partial charge in [0.1, 0.15) is 0 Å². The van der Waals surface area contributed by atoms with Crippen LogP contribution in [0.25, 0.3) is 10.2 Å². The maximum Gasteiger partial charge on any atom is 1.00 e. The van der Waals surface area contributed by atoms with Crippen LogP contribution in [0.15, 0.2) is 18.3 Å². The Balaban J connectivity index is 0.000000720. The Morgan fingerprint density at radius 3 is 3.08 bits per heavy atom. The first-order valence-electron chi connectivity index (χ1n) is 3.11. The van der Waals surface area contributed by atoms with E-state index < -0.39 is 0 Å². The van der Waals surface area contributed by atoms with Gasteiger partial charge in [-0.1, -0.05) is 23.1 Å². The maximum atomic E-state index is 4.81. The van der Waals surface area contributed by atoms with Crippen molar-refractivity contribution in [3.63, 3.8) is 0 Å². The molecular weight excluding hydrogens is 260 g/mol. The summed E-state index contributed by atoms with van der Waals surface area (Å²) in [5, 5.41) is 1.67. The molecule has 2 aromatic rings. The van der Waals surface area contributed by atoms with Crippen molar-refractivity contribution in [1.29, 1.82) is 0 Å². The van der Waals surface area contributed by atoms with Crippen LogP contribution < -0.4 is 58.2 Å². The zero-order chi connectivity index (χ0) is 7.68. The fraction of sp³-hybridized carbons (Fsp3) is 0. The molecular formula is C8H4NRbS2. The fourth-order valence-electron chi connectivity index (χ4n) is 0.897. The van der Waals surface area contributed by atoms with Gasteiger partial charge in [0.15, 0.2) is 0 Å². The Morgan fingerprint density at radius 2 is 2.42 bits per heavy atom. The molecule has 0 atom stereocenters. The molecule has 0 amide bonds. The van der Waals surface area contributed by atoms with E-state index in [0.29, 0.717) is 0 Å². The normalized spacial score (nSPS) is 9.33. The third-order valence-electron chi connectivity index (χ3n) is 1.37. The second-order valence-electron chi connectivity index (χ2n) is 2.09. The van der Waals surface area contributed by atoms with Crippen LogP contribution in [0.2, 0.25) is 0 Å². The fourth-order valence-corrected chi connectivity index (χ4v) is 1.92. The van der Waals surface area contributed by atoms with Gasteiger partial charge in [-0.2, -0.15) is 0 Å². The van der Waals surface area contributed by atoms with Gasteiger partial charge < -0.3 is 0 Å². The number of thiophene rings is 1. The minimum atomic E-state index is 0. The van der Waals surface area contributed by atoms with E-state index in [4.69, 9.17) is 12.2 Å². The van der Waals surface area contributed by atoms with Crippen LogP contribution in [0, 0.1) is 6.07 Å². The summed E-state index contributed by atoms with van der Waals surface area (Å²) in [6.07, 6.45) is 1.67. The van der Waals surface area contributed by atoms with Crippen molar-refractivity contribution in [3.8, 4) is 0 Å². The number of hydrogen-bond donors (Lipinski definition) is 0. The van der Waals surface area contributed by atoms with Crippen LogP contribution in [0.1, 0.15) is 4.88 Å². The van der Waals surface area contributed by atoms with Crippen molar-refractivity contribution in [2.45, 2.75) is 0 Å². The SMILES string of the molecule is S=Cc1cc2nc[c-]cc2s1.[Rb+]. The van der Waals surface area contributed by atoms with Gasteiger partial charge in [0.2, 0.25) is 0 Å². The van der Waals surface area contributed by atoms with E-state index >= 15 is 0 Å². The van der Waals surface area contributed by atoms with Crippen molar-refractivity contribution in [2.75, 3.05) is 0 Å². The molecule has 2 rings (SSSR count). The summed E-state index contributed by atoms with van der Waals surface area (Å²) in [5.41, 5.74) is 1.00. The van der Waals surface area contributed by atoms with Gasteiger partial charge in [-0.15, -0.1) is 0 Å². The van der Waals surface area contributed by atoms with Gasteiger partial charge in [0.25, 0.3) is 0 Å². The summed E-state index contributed by atoms with van der Waals surface area (Å²) in [4.78, 5) is 5.22. The number of rotatable bonds is 1. The molecule has 4 heteroatoms. The van der Waals surface area contributed by atoms with Crippen LogP contribution in [0.4, 0.5) is 0 Å². The second-order valence-corrected chi connectivity index (χ2v) is 3.44. The summed E-state index contributed by atoms with van der Waals surface area (Å²) < 4.78 is 1.14. The molecule has 0 aliphatic rings. The third-order valence-corrected chi connectivity index (χ3v) is 2.79. The Bertz CT molecular complexity index is 364. The molecule has 2 heterocycles. The molecule has 0 saturated carbocycles. The summed E-state index contributed by atoms with van der Waals surface area (Å²) in [6.45, 7) is 0. The van der Waals surface area contributed by atoms with Gasteiger partial charge in [-0.25, -0.2) is 23.5 Å². The summed E-state index contributed by atoms with van der Waals surface area (Å²) >= 11 is 6.45. The second kappa shape index (κ2) is 5.03. The molecule has 0 spiro atoms. The molecule has 0 N–H and O–H groups in total. The minimum absolute atomic E-state index is 0. The zero-order valence-electron chi connectivity index (χ0n) is 6.57. The van der Waals surface area contributed by atoms with Gasteiger partial charge in [-0.05, 0) is 11.6 Å². The van der Waals surface area contributed by atoms with Crippen LogP contribution in [-0.2, 0) is 0 Å². The predicted octanol–water partition coefficient (Wildman–Crippen LogP) is -0.552. The van der Waals surface area contributed by atoms with E-state index in [0.717, 1.165) is 15.1 Å². The largest absolute Gasteiger partial charge is 1.00 e. The smallest absolute Gasteiger partial charge is 0.295 e. The van der Waals surface area contributed by atoms with Crippen LogP contribution in [-0.4, -0.2) is 10.4 Å². The van der Waals surface area contributed by atoms with Crippen LogP contribution in [0.5, 0.6) is 0 Å². The minimum Gasteiger partial charge on any atom is -0.295 e. The van der Waals surface area contributed by atoms with E-state index in [2.05, 4.69) is 11.1 Å². The van der Waals surface area contributed by atoms with Gasteiger partial charge in [0.05, 0.1) is 0 Å².